The van der Waals surface area contributed by atoms with E-state index in [4.69, 9.17) is 4.74 Å². The van der Waals surface area contributed by atoms with E-state index in [9.17, 15) is 9.18 Å². The molecule has 2 bridgehead atoms. The van der Waals surface area contributed by atoms with Crippen LogP contribution in [0.4, 0.5) is 4.39 Å². The molecule has 3 heterocycles. The third-order valence-electron chi connectivity index (χ3n) is 5.08. The highest BCUT2D eigenvalue weighted by molar-refractivity contribution is 5.89. The third kappa shape index (κ3) is 3.16. The van der Waals surface area contributed by atoms with Crippen LogP contribution in [0.5, 0.6) is 0 Å². The monoisotopic (exact) mass is 337 g/mol. The van der Waals surface area contributed by atoms with Gasteiger partial charge in [-0.2, -0.15) is 0 Å². The van der Waals surface area contributed by atoms with Crippen molar-refractivity contribution in [2.45, 2.75) is 18.9 Å². The Morgan fingerprint density at radius 2 is 1.72 bits per heavy atom. The SMILES string of the molecule is O=C(O[C@H]1C(=Cc2ccccc2F)N2CCC1CC2)c1ccccc1. The molecule has 0 N–H and O–H groups in total. The van der Waals surface area contributed by atoms with Gasteiger partial charge in [-0.15, -0.1) is 0 Å². The molecule has 128 valence electrons. The Labute approximate surface area is 146 Å². The van der Waals surface area contributed by atoms with Crippen molar-refractivity contribution in [1.82, 2.24) is 4.90 Å². The molecule has 0 aromatic heterocycles. The van der Waals surface area contributed by atoms with Gasteiger partial charge in [0.15, 0.2) is 0 Å². The summed E-state index contributed by atoms with van der Waals surface area (Å²) < 4.78 is 19.9. The number of benzene rings is 2. The lowest BCUT2D eigenvalue weighted by Crippen LogP contribution is -2.50. The molecule has 2 aromatic carbocycles. The first-order valence-electron chi connectivity index (χ1n) is 8.69. The van der Waals surface area contributed by atoms with E-state index >= 15 is 0 Å². The number of rotatable bonds is 3. The van der Waals surface area contributed by atoms with Gasteiger partial charge in [0.1, 0.15) is 11.9 Å². The zero-order chi connectivity index (χ0) is 17.2. The summed E-state index contributed by atoms with van der Waals surface area (Å²) in [4.78, 5) is 14.7. The number of ether oxygens (including phenoxy) is 1. The summed E-state index contributed by atoms with van der Waals surface area (Å²) in [5, 5.41) is 0. The standard InChI is InChI=1S/C21H20FNO2/c22-18-9-5-4-8-17(18)14-19-20(15-10-12-23(19)13-11-15)25-21(24)16-6-2-1-3-7-16/h1-9,14-15,20H,10-13H2/t20-/m1/s1. The summed E-state index contributed by atoms with van der Waals surface area (Å²) in [6.07, 6.45) is 3.53. The first-order valence-corrected chi connectivity index (χ1v) is 8.69. The van der Waals surface area contributed by atoms with E-state index in [-0.39, 0.29) is 17.9 Å². The van der Waals surface area contributed by atoms with Gasteiger partial charge in [0, 0.05) is 24.6 Å². The van der Waals surface area contributed by atoms with Gasteiger partial charge in [-0.05, 0) is 37.1 Å². The van der Waals surface area contributed by atoms with E-state index in [1.165, 1.54) is 6.07 Å². The fourth-order valence-electron chi connectivity index (χ4n) is 3.72. The van der Waals surface area contributed by atoms with Crippen molar-refractivity contribution in [3.05, 3.63) is 77.2 Å². The third-order valence-corrected chi connectivity index (χ3v) is 5.08. The minimum Gasteiger partial charge on any atom is -0.452 e. The van der Waals surface area contributed by atoms with Crippen LogP contribution in [-0.4, -0.2) is 30.1 Å². The van der Waals surface area contributed by atoms with E-state index < -0.39 is 0 Å². The second-order valence-corrected chi connectivity index (χ2v) is 6.61. The first kappa shape index (κ1) is 15.9. The molecule has 4 heteroatoms. The predicted octanol–water partition coefficient (Wildman–Crippen LogP) is 4.12. The molecule has 5 rings (SSSR count). The summed E-state index contributed by atoms with van der Waals surface area (Å²) in [5.41, 5.74) is 1.99. The van der Waals surface area contributed by atoms with E-state index in [2.05, 4.69) is 4.90 Å². The quantitative estimate of drug-likeness (QED) is 0.789. The highest BCUT2D eigenvalue weighted by atomic mass is 19.1. The number of hydrogen-bond donors (Lipinski definition) is 0. The number of hydrogen-bond acceptors (Lipinski definition) is 3. The molecule has 0 radical (unpaired) electrons. The van der Waals surface area contributed by atoms with Gasteiger partial charge in [0.25, 0.3) is 0 Å². The van der Waals surface area contributed by atoms with Crippen molar-refractivity contribution in [1.29, 1.82) is 0 Å². The van der Waals surface area contributed by atoms with E-state index in [1.54, 1.807) is 24.3 Å². The number of carbonyl (C=O) groups excluding carboxylic acids is 1. The van der Waals surface area contributed by atoms with Crippen molar-refractivity contribution in [2.75, 3.05) is 13.1 Å². The summed E-state index contributed by atoms with van der Waals surface area (Å²) in [6.45, 7) is 1.87. The van der Waals surface area contributed by atoms with Crippen molar-refractivity contribution < 1.29 is 13.9 Å². The molecule has 1 atom stereocenters. The van der Waals surface area contributed by atoms with Crippen LogP contribution in [0.25, 0.3) is 6.08 Å². The highest BCUT2D eigenvalue weighted by Crippen LogP contribution is 2.38. The smallest absolute Gasteiger partial charge is 0.338 e. The summed E-state index contributed by atoms with van der Waals surface area (Å²) in [6, 6.07) is 15.7. The fourth-order valence-corrected chi connectivity index (χ4v) is 3.72. The van der Waals surface area contributed by atoms with Gasteiger partial charge in [-0.1, -0.05) is 36.4 Å². The normalized spacial score (nSPS) is 23.7. The van der Waals surface area contributed by atoms with Crippen LogP contribution in [0.1, 0.15) is 28.8 Å². The average molecular weight is 337 g/mol. The Kier molecular flexibility index (Phi) is 4.26. The first-order chi connectivity index (χ1) is 12.2. The maximum atomic E-state index is 14.1. The van der Waals surface area contributed by atoms with Crippen LogP contribution in [0, 0.1) is 11.7 Å². The minimum atomic E-state index is -0.321. The molecule has 0 saturated carbocycles. The van der Waals surface area contributed by atoms with Crippen LogP contribution in [-0.2, 0) is 4.74 Å². The molecule has 0 spiro atoms. The zero-order valence-electron chi connectivity index (χ0n) is 13.9. The molecule has 3 fully saturated rings. The number of fused-ring (bicyclic) bond motifs is 3. The van der Waals surface area contributed by atoms with Crippen molar-refractivity contribution >= 4 is 12.0 Å². The van der Waals surface area contributed by atoms with Crippen LogP contribution in [0.15, 0.2) is 60.3 Å². The maximum Gasteiger partial charge on any atom is 0.338 e. The van der Waals surface area contributed by atoms with Gasteiger partial charge >= 0.3 is 5.97 Å². The Morgan fingerprint density at radius 1 is 1.04 bits per heavy atom. The van der Waals surface area contributed by atoms with Gasteiger partial charge in [-0.25, -0.2) is 9.18 Å². The Hall–Kier alpha value is -2.62. The van der Waals surface area contributed by atoms with Crippen molar-refractivity contribution in [3.8, 4) is 0 Å². The van der Waals surface area contributed by atoms with Crippen LogP contribution in [0.3, 0.4) is 0 Å². The molecule has 3 aliphatic rings. The fraction of sp³-hybridized carbons (Fsp3) is 0.286. The molecule has 3 aliphatic heterocycles. The van der Waals surface area contributed by atoms with E-state index in [1.807, 2.05) is 30.3 Å². The second kappa shape index (κ2) is 6.71. The Bertz CT molecular complexity index is 795. The number of esters is 1. The molecule has 0 amide bonds. The Morgan fingerprint density at radius 3 is 2.44 bits per heavy atom. The van der Waals surface area contributed by atoms with Crippen LogP contribution in [0.2, 0.25) is 0 Å². The number of halogens is 1. The predicted molar refractivity (Wildman–Crippen MR) is 94.3 cm³/mol. The van der Waals surface area contributed by atoms with Crippen molar-refractivity contribution in [3.63, 3.8) is 0 Å². The van der Waals surface area contributed by atoms with Crippen molar-refractivity contribution in [2.24, 2.45) is 5.92 Å². The lowest BCUT2D eigenvalue weighted by Gasteiger charge is -2.47. The largest absolute Gasteiger partial charge is 0.452 e. The lowest BCUT2D eigenvalue weighted by atomic mass is 9.82. The minimum absolute atomic E-state index is 0.259. The zero-order valence-corrected chi connectivity index (χ0v) is 13.9. The maximum absolute atomic E-state index is 14.1. The summed E-state index contributed by atoms with van der Waals surface area (Å²) in [5.74, 6) is -0.278. The number of piperidine rings is 3. The summed E-state index contributed by atoms with van der Waals surface area (Å²) >= 11 is 0. The van der Waals surface area contributed by atoms with Gasteiger partial charge in [0.2, 0.25) is 0 Å². The number of nitrogens with zero attached hydrogens (tertiary/aromatic N) is 1. The van der Waals surface area contributed by atoms with Crippen LogP contribution >= 0.6 is 0 Å². The van der Waals surface area contributed by atoms with Crippen LogP contribution < -0.4 is 0 Å². The molecule has 0 aliphatic carbocycles. The molecular weight excluding hydrogens is 317 g/mol. The van der Waals surface area contributed by atoms with Gasteiger partial charge < -0.3 is 9.64 Å². The number of carbonyl (C=O) groups is 1. The second-order valence-electron chi connectivity index (χ2n) is 6.61. The molecular formula is C21H20FNO2. The van der Waals surface area contributed by atoms with E-state index in [0.29, 0.717) is 17.0 Å². The topological polar surface area (TPSA) is 29.5 Å². The molecule has 2 aromatic rings. The molecule has 3 saturated heterocycles. The average Bonchev–Trinajstić information content (AvgIpc) is 2.66. The molecule has 3 nitrogen and oxygen atoms in total. The highest BCUT2D eigenvalue weighted by Gasteiger charge is 2.40. The van der Waals surface area contributed by atoms with E-state index in [0.717, 1.165) is 31.6 Å². The summed E-state index contributed by atoms with van der Waals surface area (Å²) in [7, 11) is 0. The molecule has 25 heavy (non-hydrogen) atoms. The van der Waals surface area contributed by atoms with Gasteiger partial charge in [0.05, 0.1) is 11.3 Å². The molecule has 0 unspecified atom stereocenters. The lowest BCUT2D eigenvalue weighted by molar-refractivity contribution is -0.0161. The van der Waals surface area contributed by atoms with Gasteiger partial charge in [-0.3, -0.25) is 0 Å². The Balaban J connectivity index is 1.64.